The van der Waals surface area contributed by atoms with Crippen LogP contribution in [0, 0.1) is 5.92 Å². The predicted molar refractivity (Wildman–Crippen MR) is 69.9 cm³/mol. The van der Waals surface area contributed by atoms with E-state index in [-0.39, 0.29) is 5.92 Å². The molecule has 7 heteroatoms. The van der Waals surface area contributed by atoms with E-state index in [1.807, 2.05) is 0 Å². The van der Waals surface area contributed by atoms with Gasteiger partial charge >= 0.3 is 0 Å². The predicted octanol–water partition coefficient (Wildman–Crippen LogP) is 1.76. The topological polar surface area (TPSA) is 63.4 Å². The summed E-state index contributed by atoms with van der Waals surface area (Å²) in [7, 11) is -3.37. The summed E-state index contributed by atoms with van der Waals surface area (Å²) < 4.78 is 26.9. The molecule has 4 nitrogen and oxygen atoms in total. The van der Waals surface area contributed by atoms with Crippen LogP contribution in [0.5, 0.6) is 0 Å². The highest BCUT2D eigenvalue weighted by atomic mass is 35.5. The van der Waals surface area contributed by atoms with Crippen LogP contribution >= 0.6 is 22.9 Å². The highest BCUT2D eigenvalue weighted by molar-refractivity contribution is 7.91. The van der Waals surface area contributed by atoms with Crippen molar-refractivity contribution in [1.29, 1.82) is 0 Å². The van der Waals surface area contributed by atoms with Crippen LogP contribution in [-0.2, 0) is 10.0 Å². The molecule has 1 aliphatic rings. The number of halogens is 1. The van der Waals surface area contributed by atoms with Gasteiger partial charge in [0.2, 0.25) is 0 Å². The largest absolute Gasteiger partial charge is 0.330 e. The second-order valence-corrected chi connectivity index (χ2v) is 8.05. The first-order valence-corrected chi connectivity index (χ1v) is 8.13. The highest BCUT2D eigenvalue weighted by Crippen LogP contribution is 2.30. The molecule has 0 bridgehead atoms. The fourth-order valence-electron chi connectivity index (χ4n) is 2.00. The number of nitrogens with two attached hydrogens (primary N) is 1. The van der Waals surface area contributed by atoms with Crippen molar-refractivity contribution in [3.8, 4) is 0 Å². The Morgan fingerprint density at radius 2 is 2.29 bits per heavy atom. The molecule has 2 rings (SSSR count). The zero-order valence-corrected chi connectivity index (χ0v) is 11.7. The first-order valence-electron chi connectivity index (χ1n) is 5.49. The number of nitrogens with zero attached hydrogens (tertiary/aromatic N) is 1. The first kappa shape index (κ1) is 13.3. The van der Waals surface area contributed by atoms with E-state index in [4.69, 9.17) is 17.3 Å². The maximum absolute atomic E-state index is 12.3. The Bertz CT molecular complexity index is 486. The minimum absolute atomic E-state index is 0.272. The van der Waals surface area contributed by atoms with Crippen LogP contribution in [0.25, 0.3) is 0 Å². The van der Waals surface area contributed by atoms with E-state index in [0.717, 1.165) is 24.2 Å². The van der Waals surface area contributed by atoms with Crippen molar-refractivity contribution >= 4 is 33.0 Å². The van der Waals surface area contributed by atoms with E-state index in [2.05, 4.69) is 0 Å². The van der Waals surface area contributed by atoms with Gasteiger partial charge in [-0.2, -0.15) is 4.31 Å². The molecule has 1 aromatic heterocycles. The Kier molecular flexibility index (Phi) is 4.10. The van der Waals surface area contributed by atoms with Crippen LogP contribution in [0.4, 0.5) is 0 Å². The first-order chi connectivity index (χ1) is 8.04. The summed E-state index contributed by atoms with van der Waals surface area (Å²) in [6, 6.07) is 3.18. The smallest absolute Gasteiger partial charge is 0.252 e. The van der Waals surface area contributed by atoms with Crippen molar-refractivity contribution < 1.29 is 8.42 Å². The maximum atomic E-state index is 12.3. The Labute approximate surface area is 110 Å². The summed E-state index contributed by atoms with van der Waals surface area (Å²) in [5, 5.41) is 0. The second kappa shape index (κ2) is 5.24. The van der Waals surface area contributed by atoms with Crippen LogP contribution in [0.3, 0.4) is 0 Å². The van der Waals surface area contributed by atoms with Crippen LogP contribution in [0.1, 0.15) is 12.8 Å². The third-order valence-electron chi connectivity index (χ3n) is 2.96. The molecule has 0 aromatic carbocycles. The molecule has 0 spiro atoms. The molecule has 2 heterocycles. The van der Waals surface area contributed by atoms with Gasteiger partial charge in [-0.25, -0.2) is 8.42 Å². The zero-order valence-electron chi connectivity index (χ0n) is 9.30. The van der Waals surface area contributed by atoms with Crippen LogP contribution < -0.4 is 5.73 Å². The lowest BCUT2D eigenvalue weighted by Crippen LogP contribution is -2.41. The number of hydrogen-bond acceptors (Lipinski definition) is 4. The van der Waals surface area contributed by atoms with Crippen LogP contribution in [-0.4, -0.2) is 32.4 Å². The summed E-state index contributed by atoms with van der Waals surface area (Å²) in [5.74, 6) is 0.272. The van der Waals surface area contributed by atoms with Gasteiger partial charge in [0.15, 0.2) is 0 Å². The molecule has 0 aliphatic carbocycles. The lowest BCUT2D eigenvalue weighted by molar-refractivity contribution is 0.272. The number of rotatable bonds is 3. The zero-order chi connectivity index (χ0) is 12.5. The molecule has 1 atom stereocenters. The average molecular weight is 295 g/mol. The van der Waals surface area contributed by atoms with Crippen molar-refractivity contribution in [3.05, 3.63) is 16.5 Å². The average Bonchev–Trinajstić information content (AvgIpc) is 2.76. The number of sulfonamides is 1. The Hall–Kier alpha value is -0.140. The summed E-state index contributed by atoms with van der Waals surface area (Å²) in [4.78, 5) is 0. The van der Waals surface area contributed by atoms with Crippen molar-refractivity contribution in [2.24, 2.45) is 11.7 Å². The number of thiophene rings is 1. The van der Waals surface area contributed by atoms with Crippen molar-refractivity contribution in [1.82, 2.24) is 4.31 Å². The molecule has 0 radical (unpaired) electrons. The van der Waals surface area contributed by atoms with E-state index in [9.17, 15) is 8.42 Å². The molecule has 0 amide bonds. The Balaban J connectivity index is 2.21. The molecule has 1 aromatic rings. The van der Waals surface area contributed by atoms with Crippen molar-refractivity contribution in [3.63, 3.8) is 0 Å². The fraction of sp³-hybridized carbons (Fsp3) is 0.600. The van der Waals surface area contributed by atoms with Gasteiger partial charge in [-0.3, -0.25) is 0 Å². The normalized spacial score (nSPS) is 22.8. The van der Waals surface area contributed by atoms with Crippen LogP contribution in [0.15, 0.2) is 16.3 Å². The van der Waals surface area contributed by atoms with Gasteiger partial charge in [-0.05, 0) is 37.4 Å². The quantitative estimate of drug-likeness (QED) is 0.924. The molecule has 2 N–H and O–H groups in total. The molecule has 1 saturated heterocycles. The highest BCUT2D eigenvalue weighted by Gasteiger charge is 2.30. The summed E-state index contributed by atoms with van der Waals surface area (Å²) in [6.07, 6.45) is 1.88. The Morgan fingerprint density at radius 3 is 2.88 bits per heavy atom. The minimum Gasteiger partial charge on any atom is -0.330 e. The molecular formula is C10H15ClN2O2S2. The molecule has 0 saturated carbocycles. The SMILES string of the molecule is NCC1CCCN(S(=O)(=O)c2ccc(Cl)s2)C1. The monoisotopic (exact) mass is 294 g/mol. The number of piperidine rings is 1. The van der Waals surface area contributed by atoms with E-state index >= 15 is 0 Å². The van der Waals surface area contributed by atoms with Crippen LogP contribution in [0.2, 0.25) is 4.34 Å². The maximum Gasteiger partial charge on any atom is 0.252 e. The van der Waals surface area contributed by atoms with Gasteiger partial charge in [0.05, 0.1) is 4.34 Å². The van der Waals surface area contributed by atoms with Gasteiger partial charge < -0.3 is 5.73 Å². The lowest BCUT2D eigenvalue weighted by atomic mass is 10.0. The summed E-state index contributed by atoms with van der Waals surface area (Å²) in [5.41, 5.74) is 5.61. The van der Waals surface area contributed by atoms with Gasteiger partial charge in [-0.15, -0.1) is 11.3 Å². The van der Waals surface area contributed by atoms with Gasteiger partial charge in [0.1, 0.15) is 4.21 Å². The minimum atomic E-state index is -3.37. The molecule has 1 unspecified atom stereocenters. The van der Waals surface area contributed by atoms with E-state index < -0.39 is 10.0 Å². The van der Waals surface area contributed by atoms with Crippen molar-refractivity contribution in [2.75, 3.05) is 19.6 Å². The third kappa shape index (κ3) is 2.82. The second-order valence-electron chi connectivity index (χ2n) is 4.17. The number of hydrogen-bond donors (Lipinski definition) is 1. The van der Waals surface area contributed by atoms with Gasteiger partial charge in [0, 0.05) is 13.1 Å². The molecule has 17 heavy (non-hydrogen) atoms. The Morgan fingerprint density at radius 1 is 1.53 bits per heavy atom. The summed E-state index contributed by atoms with van der Waals surface area (Å²) in [6.45, 7) is 1.64. The molecular weight excluding hydrogens is 280 g/mol. The molecule has 96 valence electrons. The third-order valence-corrected chi connectivity index (χ3v) is 6.52. The lowest BCUT2D eigenvalue weighted by Gasteiger charge is -2.30. The standard InChI is InChI=1S/C10H15ClN2O2S2/c11-9-3-4-10(16-9)17(14,15)13-5-1-2-8(6-12)7-13/h3-4,8H,1-2,5-7,12H2. The van der Waals surface area contributed by atoms with Gasteiger partial charge in [0.25, 0.3) is 10.0 Å². The van der Waals surface area contributed by atoms with E-state index in [1.165, 1.54) is 4.31 Å². The summed E-state index contributed by atoms with van der Waals surface area (Å²) >= 11 is 6.88. The van der Waals surface area contributed by atoms with Gasteiger partial charge in [-0.1, -0.05) is 11.6 Å². The van der Waals surface area contributed by atoms with Crippen molar-refractivity contribution in [2.45, 2.75) is 17.1 Å². The fourth-order valence-corrected chi connectivity index (χ4v) is 5.19. The van der Waals surface area contributed by atoms with E-state index in [1.54, 1.807) is 12.1 Å². The molecule has 1 fully saturated rings. The molecule has 1 aliphatic heterocycles. The van der Waals surface area contributed by atoms with E-state index in [0.29, 0.717) is 28.2 Å².